The summed E-state index contributed by atoms with van der Waals surface area (Å²) in [5, 5.41) is 22.2. The highest BCUT2D eigenvalue weighted by molar-refractivity contribution is 6.45. The van der Waals surface area contributed by atoms with E-state index in [4.69, 9.17) is 0 Å². The zero-order valence-corrected chi connectivity index (χ0v) is 11.9. The molecular formula is C14H21BN2O3. The standard InChI is InChI=1S/C14H21BN2O3/c1-10-5-3-4-6-11(10)8-16-14(19)13-7-12(18)9-17(13)15(2)20/h3-6,12-13,18,20H,7-9H2,1-2H3,(H,16,19)/t12-,13+/m1/s1. The topological polar surface area (TPSA) is 72.8 Å². The van der Waals surface area contributed by atoms with Crippen molar-refractivity contribution in [2.45, 2.75) is 38.9 Å². The Morgan fingerprint density at radius 2 is 2.20 bits per heavy atom. The van der Waals surface area contributed by atoms with E-state index in [1.54, 1.807) is 11.6 Å². The largest absolute Gasteiger partial charge is 0.437 e. The number of carbonyl (C=O) groups is 1. The van der Waals surface area contributed by atoms with E-state index < -0.39 is 19.2 Å². The third-order valence-electron chi connectivity index (χ3n) is 3.81. The minimum absolute atomic E-state index is 0.147. The Bertz CT molecular complexity index is 481. The molecule has 0 unspecified atom stereocenters. The molecule has 2 atom stereocenters. The molecule has 1 aliphatic heterocycles. The number of β-amino-alcohol motifs (C(OH)–C–C–N with tert-alkyl or cyclic N) is 1. The van der Waals surface area contributed by atoms with Crippen LogP contribution in [0.4, 0.5) is 0 Å². The molecule has 1 amide bonds. The first-order valence-electron chi connectivity index (χ1n) is 6.93. The molecule has 0 aliphatic carbocycles. The molecule has 1 saturated heterocycles. The van der Waals surface area contributed by atoms with Gasteiger partial charge >= 0.3 is 7.05 Å². The minimum atomic E-state index is -0.735. The van der Waals surface area contributed by atoms with E-state index in [0.717, 1.165) is 11.1 Å². The molecule has 1 aromatic rings. The maximum atomic E-state index is 12.2. The van der Waals surface area contributed by atoms with E-state index in [1.165, 1.54) is 0 Å². The van der Waals surface area contributed by atoms with E-state index in [0.29, 0.717) is 19.5 Å². The van der Waals surface area contributed by atoms with Crippen LogP contribution in [0.5, 0.6) is 0 Å². The third kappa shape index (κ3) is 3.39. The number of hydrogen-bond donors (Lipinski definition) is 3. The summed E-state index contributed by atoms with van der Waals surface area (Å²) in [7, 11) is -0.735. The fraction of sp³-hybridized carbons (Fsp3) is 0.500. The quantitative estimate of drug-likeness (QED) is 0.685. The van der Waals surface area contributed by atoms with Gasteiger partial charge in [0, 0.05) is 13.1 Å². The zero-order valence-electron chi connectivity index (χ0n) is 11.9. The Labute approximate surface area is 119 Å². The van der Waals surface area contributed by atoms with E-state index >= 15 is 0 Å². The van der Waals surface area contributed by atoms with Crippen molar-refractivity contribution >= 4 is 13.0 Å². The highest BCUT2D eigenvalue weighted by Gasteiger charge is 2.39. The van der Waals surface area contributed by atoms with Gasteiger partial charge in [-0.1, -0.05) is 24.3 Å². The lowest BCUT2D eigenvalue weighted by Gasteiger charge is -2.24. The van der Waals surface area contributed by atoms with Gasteiger partial charge in [0.25, 0.3) is 0 Å². The first-order chi connectivity index (χ1) is 9.49. The van der Waals surface area contributed by atoms with Gasteiger partial charge in [-0.3, -0.25) is 4.79 Å². The highest BCUT2D eigenvalue weighted by atomic mass is 16.3. The van der Waals surface area contributed by atoms with Gasteiger partial charge in [0.1, 0.15) is 0 Å². The predicted molar refractivity (Wildman–Crippen MR) is 78.0 cm³/mol. The van der Waals surface area contributed by atoms with E-state index in [9.17, 15) is 14.9 Å². The Balaban J connectivity index is 1.96. The highest BCUT2D eigenvalue weighted by Crippen LogP contribution is 2.19. The van der Waals surface area contributed by atoms with Crippen LogP contribution in [0.1, 0.15) is 17.5 Å². The first kappa shape index (κ1) is 15.0. The van der Waals surface area contributed by atoms with Crippen LogP contribution in [-0.2, 0) is 11.3 Å². The second-order valence-corrected chi connectivity index (χ2v) is 5.38. The number of nitrogens with zero attached hydrogens (tertiary/aromatic N) is 1. The van der Waals surface area contributed by atoms with Gasteiger partial charge in [-0.25, -0.2) is 0 Å². The summed E-state index contributed by atoms with van der Waals surface area (Å²) in [6.45, 7) is 4.41. The van der Waals surface area contributed by atoms with E-state index in [2.05, 4.69) is 5.32 Å². The van der Waals surface area contributed by atoms with Crippen molar-refractivity contribution in [2.24, 2.45) is 0 Å². The second-order valence-electron chi connectivity index (χ2n) is 5.38. The molecule has 6 heteroatoms. The summed E-state index contributed by atoms with van der Waals surface area (Å²) in [6.07, 6.45) is -0.191. The summed E-state index contributed by atoms with van der Waals surface area (Å²) in [6, 6.07) is 7.42. The van der Waals surface area contributed by atoms with Crippen molar-refractivity contribution in [2.75, 3.05) is 6.54 Å². The number of nitrogens with one attached hydrogen (secondary N) is 1. The lowest BCUT2D eigenvalue weighted by atomic mass is 9.84. The molecule has 1 heterocycles. The normalized spacial score (nSPS) is 22.8. The van der Waals surface area contributed by atoms with E-state index in [-0.39, 0.29) is 5.91 Å². The number of aliphatic hydroxyl groups excluding tert-OH is 1. The fourth-order valence-corrected chi connectivity index (χ4v) is 2.62. The number of benzene rings is 1. The molecular weight excluding hydrogens is 255 g/mol. The second kappa shape index (κ2) is 6.39. The van der Waals surface area contributed by atoms with E-state index in [1.807, 2.05) is 31.2 Å². The molecule has 20 heavy (non-hydrogen) atoms. The van der Waals surface area contributed by atoms with Crippen LogP contribution >= 0.6 is 0 Å². The number of aliphatic hydroxyl groups is 1. The molecule has 5 nitrogen and oxygen atoms in total. The Morgan fingerprint density at radius 3 is 2.85 bits per heavy atom. The molecule has 0 radical (unpaired) electrons. The molecule has 1 fully saturated rings. The Hall–Kier alpha value is -1.37. The molecule has 0 bridgehead atoms. The molecule has 2 rings (SSSR count). The molecule has 0 saturated carbocycles. The van der Waals surface area contributed by atoms with Crippen LogP contribution < -0.4 is 5.32 Å². The van der Waals surface area contributed by atoms with Crippen LogP contribution in [0, 0.1) is 6.92 Å². The van der Waals surface area contributed by atoms with Crippen LogP contribution in [0.15, 0.2) is 24.3 Å². The summed E-state index contributed by atoms with van der Waals surface area (Å²) in [5.41, 5.74) is 2.20. The average molecular weight is 276 g/mol. The zero-order chi connectivity index (χ0) is 14.7. The van der Waals surface area contributed by atoms with Crippen molar-refractivity contribution in [3.63, 3.8) is 0 Å². The number of carbonyl (C=O) groups excluding carboxylic acids is 1. The molecule has 0 aromatic heterocycles. The lowest BCUT2D eigenvalue weighted by Crippen LogP contribution is -2.48. The van der Waals surface area contributed by atoms with Crippen LogP contribution in [0.25, 0.3) is 0 Å². The van der Waals surface area contributed by atoms with Gasteiger partial charge in [0.15, 0.2) is 0 Å². The summed E-state index contributed by atoms with van der Waals surface area (Å²) < 4.78 is 0. The number of aryl methyl sites for hydroxylation is 1. The van der Waals surface area contributed by atoms with Gasteiger partial charge in [0.2, 0.25) is 5.91 Å². The Morgan fingerprint density at radius 1 is 1.50 bits per heavy atom. The molecule has 1 aromatic carbocycles. The van der Waals surface area contributed by atoms with Gasteiger partial charge in [-0.05, 0) is 31.3 Å². The summed E-state index contributed by atoms with van der Waals surface area (Å²) in [5.74, 6) is -0.147. The smallest absolute Gasteiger partial charge is 0.377 e. The lowest BCUT2D eigenvalue weighted by molar-refractivity contribution is -0.124. The average Bonchev–Trinajstić information content (AvgIpc) is 2.80. The molecule has 108 valence electrons. The predicted octanol–water partition coefficient (Wildman–Crippen LogP) is 0.157. The van der Waals surface area contributed by atoms with Crippen LogP contribution in [-0.4, -0.2) is 46.6 Å². The fourth-order valence-electron chi connectivity index (χ4n) is 2.62. The maximum Gasteiger partial charge on any atom is 0.377 e. The van der Waals surface area contributed by atoms with Crippen molar-refractivity contribution in [3.05, 3.63) is 35.4 Å². The summed E-state index contributed by atoms with van der Waals surface area (Å²) >= 11 is 0. The number of hydrogen-bond acceptors (Lipinski definition) is 4. The van der Waals surface area contributed by atoms with Crippen LogP contribution in [0.2, 0.25) is 6.82 Å². The maximum absolute atomic E-state index is 12.2. The molecule has 0 spiro atoms. The van der Waals surface area contributed by atoms with Crippen molar-refractivity contribution in [3.8, 4) is 0 Å². The number of rotatable bonds is 4. The third-order valence-corrected chi connectivity index (χ3v) is 3.81. The first-order valence-corrected chi connectivity index (χ1v) is 6.93. The van der Waals surface area contributed by atoms with Gasteiger partial charge in [-0.15, -0.1) is 0 Å². The van der Waals surface area contributed by atoms with Gasteiger partial charge in [0.05, 0.1) is 12.1 Å². The Kier molecular flexibility index (Phi) is 4.80. The van der Waals surface area contributed by atoms with Crippen molar-refractivity contribution in [1.29, 1.82) is 0 Å². The van der Waals surface area contributed by atoms with Crippen LogP contribution in [0.3, 0.4) is 0 Å². The SMILES string of the molecule is CB(O)N1C[C@H](O)C[C@H]1C(=O)NCc1ccccc1C. The molecule has 1 aliphatic rings. The van der Waals surface area contributed by atoms with Gasteiger partial charge in [-0.2, -0.15) is 0 Å². The minimum Gasteiger partial charge on any atom is -0.437 e. The number of amides is 1. The van der Waals surface area contributed by atoms with Crippen molar-refractivity contribution in [1.82, 2.24) is 10.1 Å². The van der Waals surface area contributed by atoms with Crippen molar-refractivity contribution < 1.29 is 14.9 Å². The summed E-state index contributed by atoms with van der Waals surface area (Å²) in [4.78, 5) is 13.8. The molecule has 3 N–H and O–H groups in total. The monoisotopic (exact) mass is 276 g/mol. The van der Waals surface area contributed by atoms with Gasteiger partial charge < -0.3 is 20.3 Å².